The van der Waals surface area contributed by atoms with Crippen molar-refractivity contribution in [3.05, 3.63) is 29.3 Å². The van der Waals surface area contributed by atoms with Crippen LogP contribution in [0.25, 0.3) is 0 Å². The van der Waals surface area contributed by atoms with Crippen molar-refractivity contribution in [2.75, 3.05) is 52.9 Å². The molecule has 1 N–H and O–H groups in total. The lowest BCUT2D eigenvalue weighted by molar-refractivity contribution is -0.133. The van der Waals surface area contributed by atoms with Crippen LogP contribution in [-0.4, -0.2) is 68.6 Å². The van der Waals surface area contributed by atoms with E-state index < -0.39 is 0 Å². The Bertz CT molecular complexity index is 481. The normalized spacial score (nSPS) is 14.4. The summed E-state index contributed by atoms with van der Waals surface area (Å²) < 4.78 is 5.72. The second-order valence-electron chi connectivity index (χ2n) is 5.73. The first-order valence-corrected chi connectivity index (χ1v) is 8.60. The third kappa shape index (κ3) is 8.97. The summed E-state index contributed by atoms with van der Waals surface area (Å²) in [4.78, 5) is 16.4. The minimum absolute atomic E-state index is 0. The van der Waals surface area contributed by atoms with Crippen LogP contribution < -0.4 is 10.1 Å². The highest BCUT2D eigenvalue weighted by atomic mass is 35.5. The van der Waals surface area contributed by atoms with Gasteiger partial charge in [-0.3, -0.25) is 9.69 Å². The number of halogens is 3. The molecule has 0 radical (unpaired) electrons. The van der Waals surface area contributed by atoms with E-state index in [2.05, 4.69) is 10.2 Å². The SMILES string of the molecule is CNCCCC(=O)N1CCN(CCOc2ccc(Cl)cc2)CC1.Cl.Cl. The quantitative estimate of drug-likeness (QED) is 0.667. The van der Waals surface area contributed by atoms with Crippen LogP contribution in [0.1, 0.15) is 12.8 Å². The van der Waals surface area contributed by atoms with Crippen LogP contribution in [-0.2, 0) is 4.79 Å². The summed E-state index contributed by atoms with van der Waals surface area (Å²) in [6, 6.07) is 7.42. The van der Waals surface area contributed by atoms with E-state index in [1.54, 1.807) is 0 Å². The van der Waals surface area contributed by atoms with Crippen molar-refractivity contribution in [2.45, 2.75) is 12.8 Å². The molecule has 0 saturated carbocycles. The average Bonchev–Trinajstić information content (AvgIpc) is 2.57. The predicted octanol–water partition coefficient (Wildman–Crippen LogP) is 2.71. The molecule has 0 spiro atoms. The Morgan fingerprint density at radius 1 is 1.16 bits per heavy atom. The smallest absolute Gasteiger partial charge is 0.222 e. The molecule has 1 amide bonds. The van der Waals surface area contributed by atoms with Gasteiger partial charge < -0.3 is 15.0 Å². The van der Waals surface area contributed by atoms with Gasteiger partial charge >= 0.3 is 0 Å². The van der Waals surface area contributed by atoms with Gasteiger partial charge in [0.05, 0.1) is 0 Å². The van der Waals surface area contributed by atoms with Gasteiger partial charge in [0.2, 0.25) is 5.91 Å². The van der Waals surface area contributed by atoms with Crippen molar-refractivity contribution in [3.8, 4) is 5.75 Å². The van der Waals surface area contributed by atoms with Gasteiger partial charge in [0.15, 0.2) is 0 Å². The van der Waals surface area contributed by atoms with E-state index in [1.807, 2.05) is 36.2 Å². The van der Waals surface area contributed by atoms with E-state index in [0.717, 1.165) is 51.4 Å². The number of hydrogen-bond donors (Lipinski definition) is 1. The molecule has 1 aromatic carbocycles. The fourth-order valence-corrected chi connectivity index (χ4v) is 2.74. The number of ether oxygens (including phenoxy) is 1. The highest BCUT2D eigenvalue weighted by Crippen LogP contribution is 2.15. The van der Waals surface area contributed by atoms with Gasteiger partial charge in [0.25, 0.3) is 0 Å². The summed E-state index contributed by atoms with van der Waals surface area (Å²) in [6.07, 6.45) is 1.55. The lowest BCUT2D eigenvalue weighted by Gasteiger charge is -2.34. The Kier molecular flexibility index (Phi) is 13.1. The Morgan fingerprint density at radius 2 is 1.80 bits per heavy atom. The average molecular weight is 413 g/mol. The van der Waals surface area contributed by atoms with Gasteiger partial charge in [-0.15, -0.1) is 24.8 Å². The molecule has 144 valence electrons. The zero-order valence-corrected chi connectivity index (χ0v) is 17.0. The summed E-state index contributed by atoms with van der Waals surface area (Å²) in [5.41, 5.74) is 0. The molecule has 1 aliphatic heterocycles. The first-order valence-electron chi connectivity index (χ1n) is 8.22. The van der Waals surface area contributed by atoms with E-state index in [4.69, 9.17) is 16.3 Å². The molecule has 0 aromatic heterocycles. The molecule has 5 nitrogen and oxygen atoms in total. The number of nitrogens with zero attached hydrogens (tertiary/aromatic N) is 2. The van der Waals surface area contributed by atoms with Gasteiger partial charge in [-0.1, -0.05) is 11.6 Å². The number of amides is 1. The molecule has 1 heterocycles. The molecule has 0 atom stereocenters. The van der Waals surface area contributed by atoms with Gasteiger partial charge in [0.1, 0.15) is 12.4 Å². The second kappa shape index (κ2) is 13.5. The number of carbonyl (C=O) groups is 1. The zero-order valence-electron chi connectivity index (χ0n) is 14.6. The minimum atomic E-state index is 0. The van der Waals surface area contributed by atoms with Crippen LogP contribution in [0, 0.1) is 0 Å². The molecular formula is C17H28Cl3N3O2. The number of nitrogens with one attached hydrogen (secondary N) is 1. The third-order valence-corrected chi connectivity index (χ3v) is 4.28. The Morgan fingerprint density at radius 3 is 2.40 bits per heavy atom. The molecule has 1 aromatic rings. The molecule has 1 saturated heterocycles. The predicted molar refractivity (Wildman–Crippen MR) is 108 cm³/mol. The summed E-state index contributed by atoms with van der Waals surface area (Å²) in [5.74, 6) is 1.12. The summed E-state index contributed by atoms with van der Waals surface area (Å²) in [5, 5.41) is 3.79. The lowest BCUT2D eigenvalue weighted by atomic mass is 10.2. The standard InChI is InChI=1S/C17H26ClN3O2.2ClH/c1-19-8-2-3-17(22)21-11-9-20(10-12-21)13-14-23-16-6-4-15(18)5-7-16;;/h4-7,19H,2-3,8-14H2,1H3;2*1H. The highest BCUT2D eigenvalue weighted by molar-refractivity contribution is 6.30. The fourth-order valence-electron chi connectivity index (χ4n) is 2.62. The van der Waals surface area contributed by atoms with Crippen molar-refractivity contribution < 1.29 is 9.53 Å². The Hall–Kier alpha value is -0.720. The molecule has 0 aliphatic carbocycles. The van der Waals surface area contributed by atoms with Crippen LogP contribution in [0.3, 0.4) is 0 Å². The molecule has 1 fully saturated rings. The molecule has 0 unspecified atom stereocenters. The minimum Gasteiger partial charge on any atom is -0.492 e. The maximum Gasteiger partial charge on any atom is 0.222 e. The maximum atomic E-state index is 12.1. The highest BCUT2D eigenvalue weighted by Gasteiger charge is 2.20. The number of hydrogen-bond acceptors (Lipinski definition) is 4. The van der Waals surface area contributed by atoms with Crippen molar-refractivity contribution >= 4 is 42.3 Å². The van der Waals surface area contributed by atoms with Crippen molar-refractivity contribution in [1.29, 1.82) is 0 Å². The molecule has 25 heavy (non-hydrogen) atoms. The number of benzene rings is 1. The van der Waals surface area contributed by atoms with Crippen LogP contribution >= 0.6 is 36.4 Å². The Balaban J connectivity index is 0.00000288. The van der Waals surface area contributed by atoms with Gasteiger partial charge in [0, 0.05) is 44.2 Å². The van der Waals surface area contributed by atoms with Gasteiger partial charge in [-0.05, 0) is 44.3 Å². The fraction of sp³-hybridized carbons (Fsp3) is 0.588. The topological polar surface area (TPSA) is 44.8 Å². The number of piperazine rings is 1. The van der Waals surface area contributed by atoms with E-state index in [1.165, 1.54) is 0 Å². The molecule has 8 heteroatoms. The summed E-state index contributed by atoms with van der Waals surface area (Å²) in [7, 11) is 1.91. The summed E-state index contributed by atoms with van der Waals surface area (Å²) >= 11 is 5.85. The summed E-state index contributed by atoms with van der Waals surface area (Å²) in [6.45, 7) is 5.90. The van der Waals surface area contributed by atoms with Crippen molar-refractivity contribution in [2.24, 2.45) is 0 Å². The first kappa shape index (κ1) is 24.3. The number of rotatable bonds is 8. The van der Waals surface area contributed by atoms with Crippen LogP contribution in [0.5, 0.6) is 5.75 Å². The van der Waals surface area contributed by atoms with E-state index in [9.17, 15) is 4.79 Å². The van der Waals surface area contributed by atoms with Gasteiger partial charge in [-0.2, -0.15) is 0 Å². The van der Waals surface area contributed by atoms with Crippen LogP contribution in [0.4, 0.5) is 0 Å². The van der Waals surface area contributed by atoms with E-state index in [-0.39, 0.29) is 30.7 Å². The van der Waals surface area contributed by atoms with Crippen molar-refractivity contribution in [3.63, 3.8) is 0 Å². The molecule has 2 rings (SSSR count). The number of carbonyl (C=O) groups excluding carboxylic acids is 1. The van der Waals surface area contributed by atoms with Crippen LogP contribution in [0.2, 0.25) is 5.02 Å². The zero-order chi connectivity index (χ0) is 16.5. The first-order chi connectivity index (χ1) is 11.2. The van der Waals surface area contributed by atoms with E-state index in [0.29, 0.717) is 18.1 Å². The lowest BCUT2D eigenvalue weighted by Crippen LogP contribution is -2.49. The van der Waals surface area contributed by atoms with Gasteiger partial charge in [-0.25, -0.2) is 0 Å². The third-order valence-electron chi connectivity index (χ3n) is 4.03. The largest absolute Gasteiger partial charge is 0.492 e. The second-order valence-corrected chi connectivity index (χ2v) is 6.17. The maximum absolute atomic E-state index is 12.1. The van der Waals surface area contributed by atoms with Crippen LogP contribution in [0.15, 0.2) is 24.3 Å². The molecule has 0 bridgehead atoms. The monoisotopic (exact) mass is 411 g/mol. The Labute approximate surface area is 167 Å². The van der Waals surface area contributed by atoms with E-state index >= 15 is 0 Å². The van der Waals surface area contributed by atoms with Crippen molar-refractivity contribution in [1.82, 2.24) is 15.1 Å². The molecular weight excluding hydrogens is 385 g/mol. The molecule has 1 aliphatic rings.